The van der Waals surface area contributed by atoms with Gasteiger partial charge in [0.05, 0.1) is 11.3 Å². The summed E-state index contributed by atoms with van der Waals surface area (Å²) in [6.07, 6.45) is 0. The normalized spacial score (nSPS) is 10.8. The molecule has 2 aromatic rings. The van der Waals surface area contributed by atoms with Gasteiger partial charge in [0.2, 0.25) is 0 Å². The highest BCUT2D eigenvalue weighted by atomic mass is 32.2. The van der Waals surface area contributed by atoms with Crippen molar-refractivity contribution in [2.45, 2.75) is 11.8 Å². The second-order valence-electron chi connectivity index (χ2n) is 4.18. The van der Waals surface area contributed by atoms with Crippen LogP contribution in [0.3, 0.4) is 0 Å². The number of sulfonamides is 1. The van der Waals surface area contributed by atoms with Crippen LogP contribution in [0.15, 0.2) is 47.4 Å². The molecule has 20 heavy (non-hydrogen) atoms. The summed E-state index contributed by atoms with van der Waals surface area (Å²) in [5.41, 5.74) is 0.568. The van der Waals surface area contributed by atoms with Crippen LogP contribution in [0.1, 0.15) is 11.1 Å². The summed E-state index contributed by atoms with van der Waals surface area (Å²) in [6, 6.07) is 11.7. The van der Waals surface area contributed by atoms with Crippen molar-refractivity contribution in [1.29, 1.82) is 5.26 Å². The predicted octanol–water partition coefficient (Wildman–Crippen LogP) is 2.81. The van der Waals surface area contributed by atoms with Gasteiger partial charge in [-0.15, -0.1) is 0 Å². The molecule has 1 N–H and O–H groups in total. The molecule has 0 aliphatic carbocycles. The van der Waals surface area contributed by atoms with Gasteiger partial charge in [-0.25, -0.2) is 12.8 Å². The molecule has 0 fully saturated rings. The molecule has 2 rings (SSSR count). The smallest absolute Gasteiger partial charge is 0.263 e. The van der Waals surface area contributed by atoms with Gasteiger partial charge in [-0.3, -0.25) is 4.72 Å². The number of nitriles is 1. The Balaban J connectivity index is 2.41. The van der Waals surface area contributed by atoms with Gasteiger partial charge in [0.15, 0.2) is 0 Å². The predicted molar refractivity (Wildman–Crippen MR) is 73.1 cm³/mol. The number of nitrogens with zero attached hydrogens (tertiary/aromatic N) is 1. The first kappa shape index (κ1) is 14.0. The lowest BCUT2D eigenvalue weighted by atomic mass is 10.2. The van der Waals surface area contributed by atoms with E-state index >= 15 is 0 Å². The zero-order chi connectivity index (χ0) is 14.8. The third-order valence-electron chi connectivity index (χ3n) is 2.72. The molecule has 0 spiro atoms. The number of nitrogens with one attached hydrogen (secondary N) is 1. The average molecular weight is 290 g/mol. The van der Waals surface area contributed by atoms with Gasteiger partial charge in [0.25, 0.3) is 10.0 Å². The maximum Gasteiger partial charge on any atom is 0.263 e. The standard InChI is InChI=1S/C14H11FN2O2S/c1-10-6-7-12(8-13(10)15)17-20(18,19)14-5-3-2-4-11(14)9-16/h2-8,17H,1H3. The molecule has 0 unspecified atom stereocenters. The Bertz CT molecular complexity index is 795. The first-order valence-electron chi connectivity index (χ1n) is 5.72. The lowest BCUT2D eigenvalue weighted by Crippen LogP contribution is -2.14. The number of halogens is 1. The molecule has 4 nitrogen and oxygen atoms in total. The highest BCUT2D eigenvalue weighted by molar-refractivity contribution is 7.92. The Morgan fingerprint density at radius 3 is 2.55 bits per heavy atom. The van der Waals surface area contributed by atoms with Crippen molar-refractivity contribution in [3.8, 4) is 6.07 Å². The number of hydrogen-bond donors (Lipinski definition) is 1. The van der Waals surface area contributed by atoms with Crippen LogP contribution in [0, 0.1) is 24.1 Å². The molecule has 2 aromatic carbocycles. The van der Waals surface area contributed by atoms with E-state index in [0.717, 1.165) is 6.07 Å². The SMILES string of the molecule is Cc1ccc(NS(=O)(=O)c2ccccc2C#N)cc1F. The zero-order valence-electron chi connectivity index (χ0n) is 10.6. The molecule has 0 saturated carbocycles. The highest BCUT2D eigenvalue weighted by Gasteiger charge is 2.18. The van der Waals surface area contributed by atoms with Crippen molar-refractivity contribution in [2.75, 3.05) is 4.72 Å². The van der Waals surface area contributed by atoms with Crippen molar-refractivity contribution in [3.05, 3.63) is 59.4 Å². The van der Waals surface area contributed by atoms with Gasteiger partial charge < -0.3 is 0 Å². The van der Waals surface area contributed by atoms with Crippen molar-refractivity contribution in [2.24, 2.45) is 0 Å². The molecule has 0 saturated heterocycles. The summed E-state index contributed by atoms with van der Waals surface area (Å²) in [6.45, 7) is 1.58. The minimum Gasteiger partial charge on any atom is -0.279 e. The molecule has 0 amide bonds. The van der Waals surface area contributed by atoms with Gasteiger partial charge in [0, 0.05) is 0 Å². The van der Waals surface area contributed by atoms with Gasteiger partial charge in [0.1, 0.15) is 16.8 Å². The topological polar surface area (TPSA) is 70.0 Å². The first-order valence-corrected chi connectivity index (χ1v) is 7.20. The molecule has 0 atom stereocenters. The monoisotopic (exact) mass is 290 g/mol. The average Bonchev–Trinajstić information content (AvgIpc) is 2.42. The first-order chi connectivity index (χ1) is 9.44. The summed E-state index contributed by atoms with van der Waals surface area (Å²) in [7, 11) is -3.92. The van der Waals surface area contributed by atoms with Gasteiger partial charge in [-0.1, -0.05) is 18.2 Å². The second kappa shape index (κ2) is 5.31. The molecule has 0 aromatic heterocycles. The number of rotatable bonds is 3. The lowest BCUT2D eigenvalue weighted by molar-refractivity contribution is 0.600. The molecule has 0 heterocycles. The van der Waals surface area contributed by atoms with E-state index in [0.29, 0.717) is 5.56 Å². The molecule has 0 bridgehead atoms. The Kier molecular flexibility index (Phi) is 3.72. The fourth-order valence-electron chi connectivity index (χ4n) is 1.66. The summed E-state index contributed by atoms with van der Waals surface area (Å²) in [5.74, 6) is -0.501. The Morgan fingerprint density at radius 1 is 1.20 bits per heavy atom. The second-order valence-corrected chi connectivity index (χ2v) is 5.83. The van der Waals surface area contributed by atoms with Crippen molar-refractivity contribution in [1.82, 2.24) is 0 Å². The number of hydrogen-bond acceptors (Lipinski definition) is 3. The van der Waals surface area contributed by atoms with Crippen LogP contribution in [0.4, 0.5) is 10.1 Å². The van der Waals surface area contributed by atoms with Crippen LogP contribution in [-0.4, -0.2) is 8.42 Å². The van der Waals surface area contributed by atoms with Crippen molar-refractivity contribution >= 4 is 15.7 Å². The fourth-order valence-corrected chi connectivity index (χ4v) is 2.87. The van der Waals surface area contributed by atoms with Crippen LogP contribution < -0.4 is 4.72 Å². The minimum atomic E-state index is -3.92. The largest absolute Gasteiger partial charge is 0.279 e. The quantitative estimate of drug-likeness (QED) is 0.945. The van der Waals surface area contributed by atoms with E-state index in [1.54, 1.807) is 13.0 Å². The van der Waals surface area contributed by atoms with E-state index in [-0.39, 0.29) is 16.1 Å². The molecule has 0 radical (unpaired) electrons. The maximum absolute atomic E-state index is 13.4. The number of benzene rings is 2. The molecular weight excluding hydrogens is 279 g/mol. The van der Waals surface area contributed by atoms with Gasteiger partial charge in [-0.2, -0.15) is 5.26 Å². The third-order valence-corrected chi connectivity index (χ3v) is 4.16. The van der Waals surface area contributed by atoms with Crippen molar-refractivity contribution < 1.29 is 12.8 Å². The van der Waals surface area contributed by atoms with Crippen molar-refractivity contribution in [3.63, 3.8) is 0 Å². The van der Waals surface area contributed by atoms with E-state index < -0.39 is 15.8 Å². The third kappa shape index (κ3) is 2.78. The Labute approximate surface area is 116 Å². The molecule has 0 aliphatic heterocycles. The van der Waals surface area contributed by atoms with E-state index in [2.05, 4.69) is 4.72 Å². The number of aryl methyl sites for hydroxylation is 1. The lowest BCUT2D eigenvalue weighted by Gasteiger charge is -2.09. The molecule has 0 aliphatic rings. The highest BCUT2D eigenvalue weighted by Crippen LogP contribution is 2.20. The van der Waals surface area contributed by atoms with Crippen LogP contribution in [0.5, 0.6) is 0 Å². The maximum atomic E-state index is 13.4. The summed E-state index contributed by atoms with van der Waals surface area (Å²) in [4.78, 5) is -0.136. The van der Waals surface area contributed by atoms with E-state index in [9.17, 15) is 12.8 Å². The van der Waals surface area contributed by atoms with Crippen LogP contribution in [-0.2, 0) is 10.0 Å². The molecule has 6 heteroatoms. The molecular formula is C14H11FN2O2S. The summed E-state index contributed by atoms with van der Waals surface area (Å²) in [5, 5.41) is 8.93. The van der Waals surface area contributed by atoms with E-state index in [1.165, 1.54) is 30.3 Å². The van der Waals surface area contributed by atoms with Crippen LogP contribution in [0.25, 0.3) is 0 Å². The fraction of sp³-hybridized carbons (Fsp3) is 0.0714. The zero-order valence-corrected chi connectivity index (χ0v) is 11.4. The summed E-state index contributed by atoms with van der Waals surface area (Å²) < 4.78 is 40.1. The number of anilines is 1. The Hall–Kier alpha value is -2.39. The van der Waals surface area contributed by atoms with Crippen LogP contribution >= 0.6 is 0 Å². The minimum absolute atomic E-state index is 0.0348. The van der Waals surface area contributed by atoms with Crippen LogP contribution in [0.2, 0.25) is 0 Å². The Morgan fingerprint density at radius 2 is 1.90 bits per heavy atom. The van der Waals surface area contributed by atoms with E-state index in [4.69, 9.17) is 5.26 Å². The van der Waals surface area contributed by atoms with E-state index in [1.807, 2.05) is 6.07 Å². The van der Waals surface area contributed by atoms with Gasteiger partial charge in [-0.05, 0) is 36.8 Å². The summed E-state index contributed by atoms with van der Waals surface area (Å²) >= 11 is 0. The molecule has 102 valence electrons. The van der Waals surface area contributed by atoms with Gasteiger partial charge >= 0.3 is 0 Å².